The second kappa shape index (κ2) is 25.3. The Morgan fingerprint density at radius 1 is 1.18 bits per heavy atom. The average molecular weight is 471 g/mol. The highest BCUT2D eigenvalue weighted by Gasteiger charge is 2.24. The van der Waals surface area contributed by atoms with Crippen LogP contribution in [0.4, 0.5) is 0 Å². The normalized spacial score (nSPS) is 18.6. The molecular formula is C31H54N2O. The van der Waals surface area contributed by atoms with E-state index in [9.17, 15) is 0 Å². The fourth-order valence-electron chi connectivity index (χ4n) is 3.16. The van der Waals surface area contributed by atoms with E-state index in [0.717, 1.165) is 33.2 Å². The Morgan fingerprint density at radius 3 is 2.18 bits per heavy atom. The Hall–Kier alpha value is -2.36. The summed E-state index contributed by atoms with van der Waals surface area (Å²) in [5.41, 5.74) is 6.75. The number of aliphatic hydroxyl groups excluding tert-OH is 1. The third-order valence-electron chi connectivity index (χ3n) is 5.33. The number of nitrogens with one attached hydrogen (secondary N) is 1. The van der Waals surface area contributed by atoms with Gasteiger partial charge >= 0.3 is 0 Å². The summed E-state index contributed by atoms with van der Waals surface area (Å²) in [7, 11) is 1.00. The van der Waals surface area contributed by atoms with Gasteiger partial charge in [0.25, 0.3) is 0 Å². The van der Waals surface area contributed by atoms with Crippen LogP contribution in [0.1, 0.15) is 67.7 Å². The summed E-state index contributed by atoms with van der Waals surface area (Å²) in [6, 6.07) is 0. The quantitative estimate of drug-likeness (QED) is 0.291. The van der Waals surface area contributed by atoms with Crippen LogP contribution in [0.25, 0.3) is 0 Å². The fourth-order valence-corrected chi connectivity index (χ4v) is 3.16. The number of nitrogens with zero attached hydrogens (tertiary/aromatic N) is 1. The zero-order chi connectivity index (χ0) is 26.9. The second-order valence-corrected chi connectivity index (χ2v) is 7.49. The van der Waals surface area contributed by atoms with E-state index in [4.69, 9.17) is 5.11 Å². The summed E-state index contributed by atoms with van der Waals surface area (Å²) >= 11 is 0. The van der Waals surface area contributed by atoms with Gasteiger partial charge in [0.05, 0.1) is 0 Å². The number of rotatable bonds is 7. The van der Waals surface area contributed by atoms with Gasteiger partial charge < -0.3 is 10.4 Å². The molecule has 2 N–H and O–H groups in total. The van der Waals surface area contributed by atoms with Gasteiger partial charge in [-0.05, 0) is 43.1 Å². The predicted molar refractivity (Wildman–Crippen MR) is 157 cm³/mol. The minimum atomic E-state index is 0.446. The number of allylic oxidation sites excluding steroid dienone is 6. The minimum absolute atomic E-state index is 0.446. The highest BCUT2D eigenvalue weighted by atomic mass is 16.2. The van der Waals surface area contributed by atoms with Crippen molar-refractivity contribution in [3.63, 3.8) is 0 Å². The van der Waals surface area contributed by atoms with Crippen LogP contribution in [0.15, 0.2) is 97.0 Å². The molecule has 194 valence electrons. The first-order valence-electron chi connectivity index (χ1n) is 12.6. The van der Waals surface area contributed by atoms with E-state index in [1.165, 1.54) is 40.8 Å². The molecule has 2 heterocycles. The van der Waals surface area contributed by atoms with E-state index in [-0.39, 0.29) is 0 Å². The highest BCUT2D eigenvalue weighted by molar-refractivity contribution is 5.44. The molecule has 1 atom stereocenters. The van der Waals surface area contributed by atoms with Crippen molar-refractivity contribution in [1.29, 1.82) is 0 Å². The molecule has 34 heavy (non-hydrogen) atoms. The maximum atomic E-state index is 7.00. The zero-order valence-electron chi connectivity index (χ0n) is 23.6. The number of hydrogen-bond acceptors (Lipinski definition) is 3. The standard InChI is InChI=1S/C22H30N2.C4H10.C2H6.C2H4.CH4O/c1-6-9-19(8-3)16-24-12-10-20(11-13-24)21-15-23-22(18(21)5)14-17(4)7-2;1-3-4-2;3*1-2/h6-10,14-15,18,23H,1,3,11-13,16H2,2,4-5H3;3-4H2,1-2H3;1-2H3;1-2H2;2H,1H3/b17-7-,19-9+,22-14+;;;;. The van der Waals surface area contributed by atoms with E-state index < -0.39 is 0 Å². The van der Waals surface area contributed by atoms with Gasteiger partial charge in [0.2, 0.25) is 0 Å². The van der Waals surface area contributed by atoms with Gasteiger partial charge in [0, 0.05) is 44.6 Å². The molecule has 3 heteroatoms. The van der Waals surface area contributed by atoms with Gasteiger partial charge in [-0.1, -0.05) is 96.6 Å². The molecule has 0 aromatic rings. The van der Waals surface area contributed by atoms with Gasteiger partial charge in [0.15, 0.2) is 0 Å². The largest absolute Gasteiger partial charge is 0.400 e. The van der Waals surface area contributed by atoms with Gasteiger partial charge in [0.1, 0.15) is 0 Å². The van der Waals surface area contributed by atoms with E-state index in [1.807, 2.05) is 32.1 Å². The summed E-state index contributed by atoms with van der Waals surface area (Å²) in [5, 5.41) is 10.5. The summed E-state index contributed by atoms with van der Waals surface area (Å²) in [6.45, 7) is 31.6. The molecular weight excluding hydrogens is 416 g/mol. The van der Waals surface area contributed by atoms with Crippen molar-refractivity contribution in [2.45, 2.75) is 67.7 Å². The molecule has 0 bridgehead atoms. The molecule has 0 aromatic carbocycles. The topological polar surface area (TPSA) is 35.5 Å². The number of hydrogen-bond donors (Lipinski definition) is 2. The van der Waals surface area contributed by atoms with Crippen LogP contribution >= 0.6 is 0 Å². The van der Waals surface area contributed by atoms with Crippen LogP contribution in [0.5, 0.6) is 0 Å². The smallest absolute Gasteiger partial charge is 0.0319 e. The van der Waals surface area contributed by atoms with E-state index >= 15 is 0 Å². The molecule has 0 fully saturated rings. The lowest BCUT2D eigenvalue weighted by molar-refractivity contribution is 0.321. The SMILES string of the molecule is C=C.C=C/C=C(\C=C)CN1CC=C(C2=CN/C(=C/C(C)=C\C)C2C)CC1.CC.CCCC.CO. The fraction of sp³-hybridized carbons (Fsp3) is 0.484. The van der Waals surface area contributed by atoms with Crippen LogP contribution in [0.2, 0.25) is 0 Å². The lowest BCUT2D eigenvalue weighted by Crippen LogP contribution is -2.31. The van der Waals surface area contributed by atoms with E-state index in [0.29, 0.717) is 5.92 Å². The first kappa shape index (κ1) is 36.2. The summed E-state index contributed by atoms with van der Waals surface area (Å²) in [4.78, 5) is 2.45. The molecule has 0 aliphatic carbocycles. The van der Waals surface area contributed by atoms with Gasteiger partial charge in [-0.3, -0.25) is 4.90 Å². The zero-order valence-corrected chi connectivity index (χ0v) is 23.6. The monoisotopic (exact) mass is 470 g/mol. The second-order valence-electron chi connectivity index (χ2n) is 7.49. The van der Waals surface area contributed by atoms with Crippen LogP contribution in [-0.4, -0.2) is 36.8 Å². The minimum Gasteiger partial charge on any atom is -0.400 e. The molecule has 0 amide bonds. The Balaban J connectivity index is -0.000000835. The van der Waals surface area contributed by atoms with Crippen molar-refractivity contribution < 1.29 is 5.11 Å². The average Bonchev–Trinajstić information content (AvgIpc) is 3.27. The lowest BCUT2D eigenvalue weighted by Gasteiger charge is -2.28. The van der Waals surface area contributed by atoms with Crippen molar-refractivity contribution in [2.75, 3.05) is 26.7 Å². The van der Waals surface area contributed by atoms with Crippen LogP contribution < -0.4 is 5.32 Å². The molecule has 3 nitrogen and oxygen atoms in total. The third-order valence-corrected chi connectivity index (χ3v) is 5.33. The molecule has 2 aliphatic heterocycles. The van der Waals surface area contributed by atoms with Gasteiger partial charge in [-0.2, -0.15) is 0 Å². The molecule has 1 unspecified atom stereocenters. The molecule has 2 rings (SSSR count). The highest BCUT2D eigenvalue weighted by Crippen LogP contribution is 2.33. The van der Waals surface area contributed by atoms with Crippen LogP contribution in [-0.2, 0) is 0 Å². The Kier molecular flexibility index (Phi) is 26.9. The molecule has 0 radical (unpaired) electrons. The first-order valence-corrected chi connectivity index (χ1v) is 12.6. The summed E-state index contributed by atoms with van der Waals surface area (Å²) < 4.78 is 0. The van der Waals surface area contributed by atoms with E-state index in [1.54, 1.807) is 0 Å². The Labute approximate surface area is 212 Å². The van der Waals surface area contributed by atoms with Crippen molar-refractivity contribution in [3.05, 3.63) is 97.0 Å². The molecule has 0 aromatic heterocycles. The molecule has 0 saturated carbocycles. The summed E-state index contributed by atoms with van der Waals surface area (Å²) in [6.07, 6.45) is 18.5. The maximum absolute atomic E-state index is 7.00. The molecule has 0 saturated heterocycles. The summed E-state index contributed by atoms with van der Waals surface area (Å²) in [5.74, 6) is 0.446. The third kappa shape index (κ3) is 14.7. The van der Waals surface area contributed by atoms with Crippen LogP contribution in [0, 0.1) is 5.92 Å². The van der Waals surface area contributed by atoms with Crippen molar-refractivity contribution >= 4 is 0 Å². The van der Waals surface area contributed by atoms with Crippen molar-refractivity contribution in [3.8, 4) is 0 Å². The predicted octanol–water partition coefficient (Wildman–Crippen LogP) is 8.13. The van der Waals surface area contributed by atoms with Crippen molar-refractivity contribution in [1.82, 2.24) is 10.2 Å². The Morgan fingerprint density at radius 2 is 1.76 bits per heavy atom. The lowest BCUT2D eigenvalue weighted by atomic mass is 9.90. The molecule has 2 aliphatic rings. The Bertz CT molecular complexity index is 690. The number of unbranched alkanes of at least 4 members (excludes halogenated alkanes) is 1. The van der Waals surface area contributed by atoms with Crippen LogP contribution in [0.3, 0.4) is 0 Å². The first-order chi connectivity index (χ1) is 16.5. The van der Waals surface area contributed by atoms with Crippen molar-refractivity contribution in [2.24, 2.45) is 5.92 Å². The van der Waals surface area contributed by atoms with Gasteiger partial charge in [-0.15, -0.1) is 13.2 Å². The molecule has 0 spiro atoms. The number of aliphatic hydroxyl groups is 1. The van der Waals surface area contributed by atoms with E-state index in [2.05, 4.69) is 95.6 Å². The maximum Gasteiger partial charge on any atom is 0.0319 e. The van der Waals surface area contributed by atoms with Gasteiger partial charge in [-0.25, -0.2) is 0 Å².